The van der Waals surface area contributed by atoms with E-state index in [1.165, 1.54) is 7.11 Å². The number of nitrogens with zero attached hydrogens (tertiary/aromatic N) is 1. The van der Waals surface area contributed by atoms with Crippen LogP contribution in [0.1, 0.15) is 17.3 Å². The summed E-state index contributed by atoms with van der Waals surface area (Å²) in [5.41, 5.74) is 1.07. The summed E-state index contributed by atoms with van der Waals surface area (Å²) < 4.78 is 10.4. The van der Waals surface area contributed by atoms with Crippen LogP contribution in [-0.4, -0.2) is 38.4 Å². The van der Waals surface area contributed by atoms with Gasteiger partial charge in [-0.05, 0) is 43.5 Å². The van der Waals surface area contributed by atoms with Crippen LogP contribution < -0.4 is 9.64 Å². The van der Waals surface area contributed by atoms with E-state index >= 15 is 0 Å². The maximum Gasteiger partial charge on any atom is 0.342 e. The molecule has 2 rings (SSSR count). The van der Waals surface area contributed by atoms with Gasteiger partial charge in [-0.1, -0.05) is 18.2 Å². The van der Waals surface area contributed by atoms with Crippen molar-refractivity contribution < 1.29 is 19.1 Å². The molecule has 6 heteroatoms. The molecule has 2 aromatic carbocycles. The molecule has 0 aliphatic carbocycles. The topological polar surface area (TPSA) is 55.8 Å². The monoisotopic (exact) mass is 359 g/mol. The molecule has 0 bridgehead atoms. The minimum absolute atomic E-state index is 0.276. The lowest BCUT2D eigenvalue weighted by atomic mass is 10.2. The Labute approximate surface area is 151 Å². The highest BCUT2D eigenvalue weighted by Gasteiger charge is 2.19. The van der Waals surface area contributed by atoms with Gasteiger partial charge in [-0.15, -0.1) is 11.8 Å². The number of anilines is 1. The first-order valence-electron chi connectivity index (χ1n) is 7.85. The van der Waals surface area contributed by atoms with Gasteiger partial charge in [0.25, 0.3) is 5.91 Å². The van der Waals surface area contributed by atoms with Crippen molar-refractivity contribution in [3.05, 3.63) is 54.1 Å². The summed E-state index contributed by atoms with van der Waals surface area (Å²) in [5, 5.41) is 0. The van der Waals surface area contributed by atoms with Crippen LogP contribution in [0.4, 0.5) is 5.69 Å². The van der Waals surface area contributed by atoms with Gasteiger partial charge in [0, 0.05) is 17.1 Å². The second-order valence-electron chi connectivity index (χ2n) is 5.12. The summed E-state index contributed by atoms with van der Waals surface area (Å²) in [5.74, 6) is -0.427. The molecule has 0 spiro atoms. The van der Waals surface area contributed by atoms with Crippen LogP contribution in [0, 0.1) is 0 Å². The molecule has 25 heavy (non-hydrogen) atoms. The minimum Gasteiger partial charge on any atom is -0.496 e. The highest BCUT2D eigenvalue weighted by atomic mass is 32.2. The number of hydrogen-bond donors (Lipinski definition) is 0. The Morgan fingerprint density at radius 2 is 1.84 bits per heavy atom. The predicted octanol–water partition coefficient (Wildman–Crippen LogP) is 3.63. The SMILES string of the molecule is CCN(C(=O)COC(=O)c1ccc(SC)cc1OC)c1ccccc1. The largest absolute Gasteiger partial charge is 0.496 e. The zero-order chi connectivity index (χ0) is 18.2. The molecule has 132 valence electrons. The van der Waals surface area contributed by atoms with Gasteiger partial charge < -0.3 is 14.4 Å². The lowest BCUT2D eigenvalue weighted by Gasteiger charge is -2.20. The number of esters is 1. The van der Waals surface area contributed by atoms with E-state index in [0.29, 0.717) is 17.9 Å². The molecular formula is C19H21NO4S. The summed E-state index contributed by atoms with van der Waals surface area (Å²) in [6.45, 7) is 2.04. The zero-order valence-electron chi connectivity index (χ0n) is 14.5. The number of amides is 1. The number of ether oxygens (including phenoxy) is 2. The van der Waals surface area contributed by atoms with Gasteiger partial charge in [0.15, 0.2) is 6.61 Å². The van der Waals surface area contributed by atoms with Gasteiger partial charge in [-0.2, -0.15) is 0 Å². The molecule has 0 radical (unpaired) electrons. The molecule has 2 aromatic rings. The average Bonchev–Trinajstić information content (AvgIpc) is 2.67. The van der Waals surface area contributed by atoms with Crippen molar-refractivity contribution in [1.82, 2.24) is 0 Å². The third kappa shape index (κ3) is 4.76. The van der Waals surface area contributed by atoms with E-state index in [2.05, 4.69) is 0 Å². The van der Waals surface area contributed by atoms with E-state index < -0.39 is 5.97 Å². The number of benzene rings is 2. The molecule has 0 heterocycles. The Balaban J connectivity index is 2.05. The maximum atomic E-state index is 12.4. The first kappa shape index (κ1) is 18.9. The summed E-state index contributed by atoms with van der Waals surface area (Å²) in [4.78, 5) is 27.2. The van der Waals surface area contributed by atoms with Gasteiger partial charge in [-0.3, -0.25) is 4.79 Å². The number of likely N-dealkylation sites (N-methyl/N-ethyl adjacent to an activating group) is 1. The Morgan fingerprint density at radius 3 is 2.44 bits per heavy atom. The van der Waals surface area contributed by atoms with E-state index in [0.717, 1.165) is 10.6 Å². The number of rotatable bonds is 7. The second-order valence-corrected chi connectivity index (χ2v) is 6.00. The number of thioether (sulfide) groups is 1. The summed E-state index contributed by atoms with van der Waals surface area (Å²) >= 11 is 1.55. The summed E-state index contributed by atoms with van der Waals surface area (Å²) in [6.07, 6.45) is 1.94. The van der Waals surface area contributed by atoms with E-state index in [1.807, 2.05) is 49.6 Å². The molecular weight excluding hydrogens is 338 g/mol. The predicted molar refractivity (Wildman–Crippen MR) is 99.5 cm³/mol. The molecule has 0 atom stereocenters. The zero-order valence-corrected chi connectivity index (χ0v) is 15.3. The quantitative estimate of drug-likeness (QED) is 0.558. The fraction of sp³-hybridized carbons (Fsp3) is 0.263. The standard InChI is InChI=1S/C19H21NO4S/c1-4-20(14-8-6-5-7-9-14)18(21)13-24-19(22)16-11-10-15(25-3)12-17(16)23-2/h5-12H,4,13H2,1-3H3. The average molecular weight is 359 g/mol. The lowest BCUT2D eigenvalue weighted by Crippen LogP contribution is -2.34. The van der Waals surface area contributed by atoms with Gasteiger partial charge in [0.2, 0.25) is 0 Å². The number of carbonyl (C=O) groups is 2. The molecule has 0 saturated heterocycles. The molecule has 0 saturated carbocycles. The van der Waals surface area contributed by atoms with Crippen molar-refractivity contribution in [2.24, 2.45) is 0 Å². The van der Waals surface area contributed by atoms with Crippen molar-refractivity contribution in [2.75, 3.05) is 31.4 Å². The minimum atomic E-state index is -0.582. The Morgan fingerprint density at radius 1 is 1.12 bits per heavy atom. The van der Waals surface area contributed by atoms with Crippen LogP contribution in [-0.2, 0) is 9.53 Å². The van der Waals surface area contributed by atoms with Gasteiger partial charge in [0.05, 0.1) is 7.11 Å². The summed E-state index contributed by atoms with van der Waals surface area (Å²) in [7, 11) is 1.50. The number of carbonyl (C=O) groups excluding carboxylic acids is 2. The van der Waals surface area contributed by atoms with E-state index in [4.69, 9.17) is 9.47 Å². The van der Waals surface area contributed by atoms with Gasteiger partial charge in [0.1, 0.15) is 11.3 Å². The van der Waals surface area contributed by atoms with E-state index in [1.54, 1.807) is 28.8 Å². The third-order valence-electron chi connectivity index (χ3n) is 3.64. The first-order chi connectivity index (χ1) is 12.1. The van der Waals surface area contributed by atoms with Crippen LogP contribution in [0.3, 0.4) is 0 Å². The fourth-order valence-electron chi connectivity index (χ4n) is 2.36. The highest BCUT2D eigenvalue weighted by molar-refractivity contribution is 7.98. The van der Waals surface area contributed by atoms with Crippen molar-refractivity contribution >= 4 is 29.3 Å². The van der Waals surface area contributed by atoms with Crippen LogP contribution >= 0.6 is 11.8 Å². The number of hydrogen-bond acceptors (Lipinski definition) is 5. The molecule has 0 unspecified atom stereocenters. The lowest BCUT2D eigenvalue weighted by molar-refractivity contribution is -0.121. The molecule has 0 aromatic heterocycles. The fourth-order valence-corrected chi connectivity index (χ4v) is 2.79. The molecule has 0 fully saturated rings. The molecule has 0 aliphatic rings. The van der Waals surface area contributed by atoms with Crippen molar-refractivity contribution in [3.8, 4) is 5.75 Å². The second kappa shape index (κ2) is 9.13. The molecule has 0 N–H and O–H groups in total. The van der Waals surface area contributed by atoms with E-state index in [9.17, 15) is 9.59 Å². The number of methoxy groups -OCH3 is 1. The normalized spacial score (nSPS) is 10.2. The molecule has 1 amide bonds. The maximum absolute atomic E-state index is 12.4. The first-order valence-corrected chi connectivity index (χ1v) is 9.07. The Bertz CT molecular complexity index is 733. The van der Waals surface area contributed by atoms with Crippen molar-refractivity contribution in [3.63, 3.8) is 0 Å². The summed E-state index contributed by atoms with van der Waals surface area (Å²) in [6, 6.07) is 14.5. The highest BCUT2D eigenvalue weighted by Crippen LogP contribution is 2.26. The molecule has 5 nitrogen and oxygen atoms in total. The van der Waals surface area contributed by atoms with Crippen molar-refractivity contribution in [2.45, 2.75) is 11.8 Å². The van der Waals surface area contributed by atoms with Crippen LogP contribution in [0.25, 0.3) is 0 Å². The Hall–Kier alpha value is -2.47. The van der Waals surface area contributed by atoms with Crippen LogP contribution in [0.15, 0.2) is 53.4 Å². The van der Waals surface area contributed by atoms with Gasteiger partial charge >= 0.3 is 5.97 Å². The van der Waals surface area contributed by atoms with Gasteiger partial charge in [-0.25, -0.2) is 4.79 Å². The Kier molecular flexibility index (Phi) is 6.89. The van der Waals surface area contributed by atoms with E-state index in [-0.39, 0.29) is 12.5 Å². The van der Waals surface area contributed by atoms with Crippen LogP contribution in [0.5, 0.6) is 5.75 Å². The smallest absolute Gasteiger partial charge is 0.342 e. The number of para-hydroxylation sites is 1. The molecule has 0 aliphatic heterocycles. The van der Waals surface area contributed by atoms with Crippen LogP contribution in [0.2, 0.25) is 0 Å². The third-order valence-corrected chi connectivity index (χ3v) is 4.37. The van der Waals surface area contributed by atoms with Crippen molar-refractivity contribution in [1.29, 1.82) is 0 Å².